The molecule has 6 heteroatoms. The third-order valence-electron chi connectivity index (χ3n) is 4.75. The Labute approximate surface area is 153 Å². The maximum Gasteiger partial charge on any atom is 0.356 e. The molecule has 0 spiro atoms. The van der Waals surface area contributed by atoms with Gasteiger partial charge >= 0.3 is 11.9 Å². The fourth-order valence-corrected chi connectivity index (χ4v) is 3.37. The highest BCUT2D eigenvalue weighted by atomic mass is 16.5. The van der Waals surface area contributed by atoms with Crippen molar-refractivity contribution in [2.24, 2.45) is 5.92 Å². The molecule has 0 N–H and O–H groups in total. The van der Waals surface area contributed by atoms with Crippen molar-refractivity contribution in [2.45, 2.75) is 45.3 Å². The summed E-state index contributed by atoms with van der Waals surface area (Å²) in [4.78, 5) is 24.3. The number of hydrogen-bond donors (Lipinski definition) is 0. The van der Waals surface area contributed by atoms with Crippen LogP contribution in [0.1, 0.15) is 54.7 Å². The predicted octanol–water partition coefficient (Wildman–Crippen LogP) is 3.53. The molecule has 26 heavy (non-hydrogen) atoms. The Morgan fingerprint density at radius 1 is 1.08 bits per heavy atom. The van der Waals surface area contributed by atoms with Gasteiger partial charge in [0.2, 0.25) is 0 Å². The van der Waals surface area contributed by atoms with E-state index in [2.05, 4.69) is 5.10 Å². The van der Waals surface area contributed by atoms with Gasteiger partial charge in [-0.2, -0.15) is 5.10 Å². The molecule has 1 aromatic heterocycles. The van der Waals surface area contributed by atoms with E-state index in [1.54, 1.807) is 23.9 Å². The normalized spacial score (nSPS) is 19.7. The van der Waals surface area contributed by atoms with E-state index in [9.17, 15) is 9.59 Å². The third kappa shape index (κ3) is 4.31. The molecule has 0 unspecified atom stereocenters. The smallest absolute Gasteiger partial charge is 0.356 e. The predicted molar refractivity (Wildman–Crippen MR) is 95.4 cm³/mol. The Balaban J connectivity index is 1.52. The zero-order valence-electron chi connectivity index (χ0n) is 15.0. The van der Waals surface area contributed by atoms with Crippen molar-refractivity contribution >= 4 is 11.9 Å². The van der Waals surface area contributed by atoms with Crippen molar-refractivity contribution in [3.8, 4) is 0 Å². The SMILES string of the molecule is CCOC(=O)c1ccnn1C1CCC(C(=O)OCc2ccccc2)CC1. The maximum atomic E-state index is 12.3. The fourth-order valence-electron chi connectivity index (χ4n) is 3.37. The number of hydrogen-bond acceptors (Lipinski definition) is 5. The van der Waals surface area contributed by atoms with Gasteiger partial charge in [-0.15, -0.1) is 0 Å². The Bertz CT molecular complexity index is 733. The van der Waals surface area contributed by atoms with Crippen LogP contribution in [0.5, 0.6) is 0 Å². The molecule has 138 valence electrons. The zero-order valence-corrected chi connectivity index (χ0v) is 15.0. The molecule has 1 heterocycles. The van der Waals surface area contributed by atoms with E-state index < -0.39 is 0 Å². The summed E-state index contributed by atoms with van der Waals surface area (Å²) in [6.45, 7) is 2.43. The molecule has 0 saturated heterocycles. The Morgan fingerprint density at radius 2 is 1.81 bits per heavy atom. The van der Waals surface area contributed by atoms with E-state index in [1.807, 2.05) is 30.3 Å². The van der Waals surface area contributed by atoms with Crippen LogP contribution in [-0.2, 0) is 20.9 Å². The van der Waals surface area contributed by atoms with Gasteiger partial charge in [0.1, 0.15) is 12.3 Å². The third-order valence-corrected chi connectivity index (χ3v) is 4.75. The van der Waals surface area contributed by atoms with Gasteiger partial charge in [-0.25, -0.2) is 4.79 Å². The second kappa shape index (κ2) is 8.65. The number of aromatic nitrogens is 2. The van der Waals surface area contributed by atoms with Crippen LogP contribution in [0.25, 0.3) is 0 Å². The summed E-state index contributed by atoms with van der Waals surface area (Å²) in [7, 11) is 0. The van der Waals surface area contributed by atoms with E-state index in [-0.39, 0.29) is 23.9 Å². The zero-order chi connectivity index (χ0) is 18.4. The molecule has 0 radical (unpaired) electrons. The largest absolute Gasteiger partial charge is 0.461 e. The number of rotatable bonds is 6. The summed E-state index contributed by atoms with van der Waals surface area (Å²) in [5.41, 5.74) is 1.46. The molecular weight excluding hydrogens is 332 g/mol. The average molecular weight is 356 g/mol. The summed E-state index contributed by atoms with van der Waals surface area (Å²) in [6, 6.07) is 11.5. The van der Waals surface area contributed by atoms with Crippen LogP contribution in [0.4, 0.5) is 0 Å². The van der Waals surface area contributed by atoms with Crippen molar-refractivity contribution in [3.63, 3.8) is 0 Å². The van der Waals surface area contributed by atoms with Crippen LogP contribution < -0.4 is 0 Å². The van der Waals surface area contributed by atoms with E-state index in [0.717, 1.165) is 31.2 Å². The molecular formula is C20H24N2O4. The van der Waals surface area contributed by atoms with E-state index in [1.165, 1.54) is 0 Å². The molecule has 1 fully saturated rings. The highest BCUT2D eigenvalue weighted by Crippen LogP contribution is 2.33. The van der Waals surface area contributed by atoms with Crippen molar-refractivity contribution in [1.82, 2.24) is 9.78 Å². The van der Waals surface area contributed by atoms with Crippen molar-refractivity contribution in [2.75, 3.05) is 6.61 Å². The number of esters is 2. The number of nitrogens with zero attached hydrogens (tertiary/aromatic N) is 2. The highest BCUT2D eigenvalue weighted by molar-refractivity contribution is 5.87. The van der Waals surface area contributed by atoms with Gasteiger partial charge in [-0.3, -0.25) is 9.48 Å². The molecule has 1 aliphatic carbocycles. The van der Waals surface area contributed by atoms with Gasteiger partial charge < -0.3 is 9.47 Å². The number of benzene rings is 1. The van der Waals surface area contributed by atoms with Crippen LogP contribution in [-0.4, -0.2) is 28.3 Å². The molecule has 1 aromatic carbocycles. The first-order valence-corrected chi connectivity index (χ1v) is 9.10. The van der Waals surface area contributed by atoms with Crippen molar-refractivity contribution < 1.29 is 19.1 Å². The lowest BCUT2D eigenvalue weighted by Crippen LogP contribution is -2.27. The first-order chi connectivity index (χ1) is 12.7. The van der Waals surface area contributed by atoms with Gasteiger partial charge in [0.05, 0.1) is 18.6 Å². The summed E-state index contributed by atoms with van der Waals surface area (Å²) in [5.74, 6) is -0.579. The Hall–Kier alpha value is -2.63. The van der Waals surface area contributed by atoms with Gasteiger partial charge in [0.25, 0.3) is 0 Å². The Morgan fingerprint density at radius 3 is 2.50 bits per heavy atom. The molecule has 1 saturated carbocycles. The molecule has 2 aromatic rings. The maximum absolute atomic E-state index is 12.3. The van der Waals surface area contributed by atoms with Crippen LogP contribution >= 0.6 is 0 Å². The van der Waals surface area contributed by atoms with Gasteiger partial charge in [0.15, 0.2) is 0 Å². The summed E-state index contributed by atoms with van der Waals surface area (Å²) < 4.78 is 12.3. The molecule has 1 aliphatic rings. The van der Waals surface area contributed by atoms with E-state index in [4.69, 9.17) is 9.47 Å². The lowest BCUT2D eigenvalue weighted by atomic mass is 9.86. The molecule has 0 atom stereocenters. The van der Waals surface area contributed by atoms with Crippen LogP contribution in [0.15, 0.2) is 42.6 Å². The number of ether oxygens (including phenoxy) is 2. The number of carbonyl (C=O) groups is 2. The summed E-state index contributed by atoms with van der Waals surface area (Å²) >= 11 is 0. The van der Waals surface area contributed by atoms with Crippen LogP contribution in [0.2, 0.25) is 0 Å². The van der Waals surface area contributed by atoms with Crippen molar-refractivity contribution in [1.29, 1.82) is 0 Å². The minimum Gasteiger partial charge on any atom is -0.461 e. The van der Waals surface area contributed by atoms with E-state index >= 15 is 0 Å². The Kier molecular flexibility index (Phi) is 6.04. The van der Waals surface area contributed by atoms with Crippen LogP contribution in [0.3, 0.4) is 0 Å². The molecule has 6 nitrogen and oxygen atoms in total. The quantitative estimate of drug-likeness (QED) is 0.741. The minimum atomic E-state index is -0.352. The minimum absolute atomic E-state index is 0.0865. The van der Waals surface area contributed by atoms with E-state index in [0.29, 0.717) is 18.9 Å². The standard InChI is InChI=1S/C20H24N2O4/c1-2-25-20(24)18-12-13-21-22(18)17-10-8-16(9-11-17)19(23)26-14-15-6-4-3-5-7-15/h3-7,12-13,16-17H,2,8-11,14H2,1H3. The first-order valence-electron chi connectivity index (χ1n) is 9.10. The van der Waals surface area contributed by atoms with Gasteiger partial charge in [-0.1, -0.05) is 30.3 Å². The second-order valence-corrected chi connectivity index (χ2v) is 6.48. The number of carbonyl (C=O) groups excluding carboxylic acids is 2. The monoisotopic (exact) mass is 356 g/mol. The highest BCUT2D eigenvalue weighted by Gasteiger charge is 2.30. The first kappa shape index (κ1) is 18.2. The molecule has 3 rings (SSSR count). The molecule has 0 aliphatic heterocycles. The summed E-state index contributed by atoms with van der Waals surface area (Å²) in [5, 5.41) is 4.29. The van der Waals surface area contributed by atoms with Crippen molar-refractivity contribution in [3.05, 3.63) is 53.9 Å². The van der Waals surface area contributed by atoms with Crippen LogP contribution in [0, 0.1) is 5.92 Å². The average Bonchev–Trinajstić information content (AvgIpc) is 3.17. The lowest BCUT2D eigenvalue weighted by Gasteiger charge is -2.28. The molecule has 0 amide bonds. The summed E-state index contributed by atoms with van der Waals surface area (Å²) in [6.07, 6.45) is 4.67. The lowest BCUT2D eigenvalue weighted by molar-refractivity contribution is -0.151. The van der Waals surface area contributed by atoms with Gasteiger partial charge in [0, 0.05) is 6.20 Å². The molecule has 0 bridgehead atoms. The van der Waals surface area contributed by atoms with Gasteiger partial charge in [-0.05, 0) is 44.2 Å². The fraction of sp³-hybridized carbons (Fsp3) is 0.450. The topological polar surface area (TPSA) is 70.4 Å². The second-order valence-electron chi connectivity index (χ2n) is 6.48.